The second kappa shape index (κ2) is 5.17. The largest absolute Gasteiger partial charge is 0.301 e. The van der Waals surface area contributed by atoms with E-state index in [1.165, 1.54) is 18.3 Å². The molecule has 0 fully saturated rings. The fourth-order valence-electron chi connectivity index (χ4n) is 2.22. The lowest BCUT2D eigenvalue weighted by molar-refractivity contribution is 0.622. The molecule has 0 radical (unpaired) electrons. The first kappa shape index (κ1) is 13.0. The maximum absolute atomic E-state index is 13.3. The van der Waals surface area contributed by atoms with Crippen molar-refractivity contribution in [2.24, 2.45) is 0 Å². The molecule has 0 atom stereocenters. The highest BCUT2D eigenvalue weighted by molar-refractivity contribution is 5.74. The molecule has 3 rings (SSSR count). The van der Waals surface area contributed by atoms with Crippen molar-refractivity contribution >= 4 is 11.0 Å². The number of para-hydroxylation sites is 2. The quantitative estimate of drug-likeness (QED) is 0.724. The van der Waals surface area contributed by atoms with Crippen molar-refractivity contribution in [3.63, 3.8) is 0 Å². The number of benzene rings is 2. The van der Waals surface area contributed by atoms with E-state index in [0.29, 0.717) is 16.6 Å². The first-order chi connectivity index (χ1) is 10.2. The highest BCUT2D eigenvalue weighted by Gasteiger charge is 2.07. The molecule has 0 saturated carbocycles. The minimum atomic E-state index is -0.562. The molecule has 0 N–H and O–H groups in total. The van der Waals surface area contributed by atoms with E-state index in [9.17, 15) is 9.18 Å². The minimum Gasteiger partial charge on any atom is -0.301 e. The number of halogens is 1. The van der Waals surface area contributed by atoms with Crippen LogP contribution in [-0.2, 0) is 6.54 Å². The second-order valence-electron chi connectivity index (χ2n) is 4.60. The smallest absolute Gasteiger partial charge is 0.269 e. The summed E-state index contributed by atoms with van der Waals surface area (Å²) < 4.78 is 14.9. The number of nitriles is 1. The van der Waals surface area contributed by atoms with Crippen molar-refractivity contribution < 1.29 is 4.39 Å². The fraction of sp³-hybridized carbons (Fsp3) is 0.0625. The highest BCUT2D eigenvalue weighted by atomic mass is 19.1. The molecule has 0 aliphatic heterocycles. The van der Waals surface area contributed by atoms with E-state index in [0.717, 1.165) is 0 Å². The van der Waals surface area contributed by atoms with Crippen LogP contribution in [0.3, 0.4) is 0 Å². The van der Waals surface area contributed by atoms with E-state index < -0.39 is 5.82 Å². The van der Waals surface area contributed by atoms with Gasteiger partial charge in [0.25, 0.3) is 5.56 Å². The Labute approximate surface area is 119 Å². The highest BCUT2D eigenvalue weighted by Crippen LogP contribution is 2.13. The van der Waals surface area contributed by atoms with Crippen LogP contribution in [0.25, 0.3) is 11.0 Å². The number of hydrogen-bond acceptors (Lipinski definition) is 3. The summed E-state index contributed by atoms with van der Waals surface area (Å²) in [5, 5.41) is 8.87. The van der Waals surface area contributed by atoms with E-state index in [2.05, 4.69) is 4.98 Å². The van der Waals surface area contributed by atoms with Crippen LogP contribution in [0.4, 0.5) is 4.39 Å². The minimum absolute atomic E-state index is 0.0288. The normalized spacial score (nSPS) is 10.5. The van der Waals surface area contributed by atoms with Crippen molar-refractivity contribution in [2.75, 3.05) is 0 Å². The molecule has 102 valence electrons. The monoisotopic (exact) mass is 279 g/mol. The zero-order valence-electron chi connectivity index (χ0n) is 11.0. The van der Waals surface area contributed by atoms with Crippen LogP contribution >= 0.6 is 0 Å². The Morgan fingerprint density at radius 1 is 1.24 bits per heavy atom. The molecule has 0 bridgehead atoms. The molecule has 0 aliphatic carbocycles. The maximum atomic E-state index is 13.3. The van der Waals surface area contributed by atoms with Gasteiger partial charge in [-0.2, -0.15) is 5.26 Å². The Kier molecular flexibility index (Phi) is 3.20. The lowest BCUT2D eigenvalue weighted by Crippen LogP contribution is -2.21. The van der Waals surface area contributed by atoms with Gasteiger partial charge in [-0.05, 0) is 29.8 Å². The fourth-order valence-corrected chi connectivity index (χ4v) is 2.22. The van der Waals surface area contributed by atoms with Crippen molar-refractivity contribution in [1.82, 2.24) is 9.55 Å². The van der Waals surface area contributed by atoms with Crippen molar-refractivity contribution in [1.29, 1.82) is 5.26 Å². The molecule has 0 amide bonds. The summed E-state index contributed by atoms with van der Waals surface area (Å²) in [6, 6.07) is 13.3. The summed E-state index contributed by atoms with van der Waals surface area (Å²) in [7, 11) is 0. The Bertz CT molecular complexity index is 925. The van der Waals surface area contributed by atoms with Gasteiger partial charge in [-0.15, -0.1) is 0 Å². The number of hydrogen-bond donors (Lipinski definition) is 0. The molecule has 5 heteroatoms. The van der Waals surface area contributed by atoms with Crippen LogP contribution in [-0.4, -0.2) is 9.55 Å². The molecule has 21 heavy (non-hydrogen) atoms. The molecule has 1 aromatic heterocycles. The van der Waals surface area contributed by atoms with Gasteiger partial charge in [-0.1, -0.05) is 18.2 Å². The average molecular weight is 279 g/mol. The zero-order chi connectivity index (χ0) is 14.8. The van der Waals surface area contributed by atoms with Gasteiger partial charge < -0.3 is 4.57 Å². The predicted octanol–water partition coefficient (Wildman–Crippen LogP) is 2.46. The van der Waals surface area contributed by atoms with Gasteiger partial charge in [-0.3, -0.25) is 4.79 Å². The summed E-state index contributed by atoms with van der Waals surface area (Å²) in [5.74, 6) is -0.562. The molecule has 0 spiro atoms. The Morgan fingerprint density at radius 2 is 2.05 bits per heavy atom. The summed E-state index contributed by atoms with van der Waals surface area (Å²) in [5.41, 5.74) is 1.83. The third-order valence-corrected chi connectivity index (χ3v) is 3.24. The molecule has 4 nitrogen and oxygen atoms in total. The van der Waals surface area contributed by atoms with Crippen LogP contribution < -0.4 is 5.56 Å². The van der Waals surface area contributed by atoms with Crippen molar-refractivity contribution in [3.05, 3.63) is 76.0 Å². The van der Waals surface area contributed by atoms with Gasteiger partial charge >= 0.3 is 0 Å². The van der Waals surface area contributed by atoms with Gasteiger partial charge in [0.2, 0.25) is 0 Å². The third-order valence-electron chi connectivity index (χ3n) is 3.24. The average Bonchev–Trinajstić information content (AvgIpc) is 2.52. The molecule has 1 heterocycles. The molecule has 3 aromatic rings. The molecule has 0 unspecified atom stereocenters. The SMILES string of the molecule is N#Cc1cc(Cn2c(=O)cnc3ccccc32)ccc1F. The summed E-state index contributed by atoms with van der Waals surface area (Å²) in [6.45, 7) is 0.261. The van der Waals surface area contributed by atoms with Gasteiger partial charge in [-0.25, -0.2) is 9.37 Å². The summed E-state index contributed by atoms with van der Waals surface area (Å²) >= 11 is 0. The van der Waals surface area contributed by atoms with Crippen LogP contribution in [0, 0.1) is 17.1 Å². The van der Waals surface area contributed by atoms with E-state index in [-0.39, 0.29) is 17.7 Å². The molecule has 0 aliphatic rings. The van der Waals surface area contributed by atoms with Crippen LogP contribution in [0.5, 0.6) is 0 Å². The molecular formula is C16H10FN3O. The first-order valence-electron chi connectivity index (χ1n) is 6.32. The van der Waals surface area contributed by atoms with E-state index in [1.54, 1.807) is 22.8 Å². The van der Waals surface area contributed by atoms with E-state index in [1.807, 2.05) is 18.2 Å². The second-order valence-corrected chi connectivity index (χ2v) is 4.60. The molecular weight excluding hydrogens is 269 g/mol. The summed E-state index contributed by atoms with van der Waals surface area (Å²) in [4.78, 5) is 16.1. The first-order valence-corrected chi connectivity index (χ1v) is 6.32. The number of fused-ring (bicyclic) bond motifs is 1. The topological polar surface area (TPSA) is 58.7 Å². The molecule has 2 aromatic carbocycles. The van der Waals surface area contributed by atoms with E-state index >= 15 is 0 Å². The zero-order valence-corrected chi connectivity index (χ0v) is 11.0. The van der Waals surface area contributed by atoms with E-state index in [4.69, 9.17) is 5.26 Å². The van der Waals surface area contributed by atoms with Gasteiger partial charge in [0.15, 0.2) is 0 Å². The van der Waals surface area contributed by atoms with Crippen molar-refractivity contribution in [3.8, 4) is 6.07 Å². The number of rotatable bonds is 2. The lowest BCUT2D eigenvalue weighted by Gasteiger charge is -2.09. The van der Waals surface area contributed by atoms with Crippen LogP contribution in [0.15, 0.2) is 53.5 Å². The van der Waals surface area contributed by atoms with Gasteiger partial charge in [0, 0.05) is 0 Å². The number of aromatic nitrogens is 2. The number of nitrogens with zero attached hydrogens (tertiary/aromatic N) is 3. The van der Waals surface area contributed by atoms with Crippen molar-refractivity contribution in [2.45, 2.75) is 6.54 Å². The lowest BCUT2D eigenvalue weighted by atomic mass is 10.1. The van der Waals surface area contributed by atoms with Gasteiger partial charge in [0.1, 0.15) is 11.9 Å². The van der Waals surface area contributed by atoms with Crippen LogP contribution in [0.2, 0.25) is 0 Å². The van der Waals surface area contributed by atoms with Crippen LogP contribution in [0.1, 0.15) is 11.1 Å². The molecule has 0 saturated heterocycles. The maximum Gasteiger partial charge on any atom is 0.269 e. The third kappa shape index (κ3) is 2.39. The van der Waals surface area contributed by atoms with Gasteiger partial charge in [0.05, 0.1) is 29.3 Å². The Balaban J connectivity index is 2.12. The Hall–Kier alpha value is -3.00. The Morgan fingerprint density at radius 3 is 2.86 bits per heavy atom. The predicted molar refractivity (Wildman–Crippen MR) is 76.2 cm³/mol. The standard InChI is InChI=1S/C16H10FN3O/c17-13-6-5-11(7-12(13)8-18)10-20-15-4-2-1-3-14(15)19-9-16(20)21/h1-7,9H,10H2. The summed E-state index contributed by atoms with van der Waals surface area (Å²) in [6.07, 6.45) is 1.26.